The second kappa shape index (κ2) is 4.71. The third-order valence-corrected chi connectivity index (χ3v) is 3.95. The first-order valence-corrected chi connectivity index (χ1v) is 6.72. The third kappa shape index (κ3) is 2.13. The van der Waals surface area contributed by atoms with Crippen LogP contribution < -0.4 is 9.47 Å². The molecule has 1 aromatic rings. The van der Waals surface area contributed by atoms with Gasteiger partial charge < -0.3 is 9.47 Å². The monoisotopic (exact) mass is 259 g/mol. The fraction of sp³-hybridized carbons (Fsp3) is 0.533. The van der Waals surface area contributed by atoms with Gasteiger partial charge in [-0.1, -0.05) is 12.1 Å². The normalized spacial score (nSPS) is 20.1. The largest absolute Gasteiger partial charge is 0.493 e. The zero-order valence-electron chi connectivity index (χ0n) is 11.0. The lowest BCUT2D eigenvalue weighted by atomic mass is 9.72. The number of benzene rings is 1. The number of aliphatic imine (C=N–C) groups is 1. The van der Waals surface area contributed by atoms with Crippen molar-refractivity contribution in [3.8, 4) is 11.5 Å². The fourth-order valence-electron chi connectivity index (χ4n) is 2.56. The summed E-state index contributed by atoms with van der Waals surface area (Å²) in [7, 11) is 1.63. The Labute approximate surface area is 112 Å². The first-order chi connectivity index (χ1) is 9.29. The van der Waals surface area contributed by atoms with Crippen LogP contribution in [0.3, 0.4) is 0 Å². The highest BCUT2D eigenvalue weighted by Crippen LogP contribution is 2.51. The molecular formula is C15H17NO3. The summed E-state index contributed by atoms with van der Waals surface area (Å²) in [5.41, 5.74) is 0.522. The molecule has 2 fully saturated rings. The Morgan fingerprint density at radius 3 is 2.68 bits per heavy atom. The Hall–Kier alpha value is -1.80. The van der Waals surface area contributed by atoms with Gasteiger partial charge in [0.2, 0.25) is 6.08 Å². The number of rotatable bonds is 5. The van der Waals surface area contributed by atoms with E-state index in [2.05, 4.69) is 4.99 Å². The van der Waals surface area contributed by atoms with Crippen LogP contribution in [-0.4, -0.2) is 19.3 Å². The highest BCUT2D eigenvalue weighted by molar-refractivity contribution is 5.52. The summed E-state index contributed by atoms with van der Waals surface area (Å²) in [4.78, 5) is 14.8. The van der Waals surface area contributed by atoms with Crippen molar-refractivity contribution in [1.82, 2.24) is 0 Å². The first-order valence-electron chi connectivity index (χ1n) is 6.72. The molecule has 19 heavy (non-hydrogen) atoms. The molecule has 3 rings (SSSR count). The van der Waals surface area contributed by atoms with Gasteiger partial charge in [-0.2, -0.15) is 4.99 Å². The molecule has 0 heterocycles. The van der Waals surface area contributed by atoms with Gasteiger partial charge in [-0.3, -0.25) is 0 Å². The van der Waals surface area contributed by atoms with E-state index in [1.165, 1.54) is 0 Å². The Balaban J connectivity index is 2.05. The SMILES string of the molecule is COc1cccc(C2(N=C=O)CCC2)c1OC1CC1. The van der Waals surface area contributed by atoms with Crippen molar-refractivity contribution in [3.05, 3.63) is 23.8 Å². The quantitative estimate of drug-likeness (QED) is 0.603. The number of isocyanates is 1. The van der Waals surface area contributed by atoms with Gasteiger partial charge in [0.05, 0.1) is 13.2 Å². The topological polar surface area (TPSA) is 47.9 Å². The third-order valence-electron chi connectivity index (χ3n) is 3.95. The van der Waals surface area contributed by atoms with Gasteiger partial charge in [-0.25, -0.2) is 4.79 Å². The van der Waals surface area contributed by atoms with E-state index in [9.17, 15) is 4.79 Å². The molecule has 0 amide bonds. The molecule has 4 heteroatoms. The number of ether oxygens (including phenoxy) is 2. The van der Waals surface area contributed by atoms with Crippen LogP contribution in [0.5, 0.6) is 11.5 Å². The van der Waals surface area contributed by atoms with Crippen molar-refractivity contribution < 1.29 is 14.3 Å². The van der Waals surface area contributed by atoms with Crippen molar-refractivity contribution in [2.24, 2.45) is 4.99 Å². The van der Waals surface area contributed by atoms with Gasteiger partial charge in [0.1, 0.15) is 5.54 Å². The highest BCUT2D eigenvalue weighted by atomic mass is 16.5. The first kappa shape index (κ1) is 12.2. The van der Waals surface area contributed by atoms with Crippen LogP contribution in [0.25, 0.3) is 0 Å². The van der Waals surface area contributed by atoms with Crippen molar-refractivity contribution >= 4 is 6.08 Å². The Kier molecular flexibility index (Phi) is 3.03. The summed E-state index contributed by atoms with van der Waals surface area (Å²) in [6.45, 7) is 0. The van der Waals surface area contributed by atoms with E-state index in [4.69, 9.17) is 9.47 Å². The van der Waals surface area contributed by atoms with Gasteiger partial charge in [-0.05, 0) is 38.2 Å². The van der Waals surface area contributed by atoms with Crippen molar-refractivity contribution in [3.63, 3.8) is 0 Å². The summed E-state index contributed by atoms with van der Waals surface area (Å²) < 4.78 is 11.4. The molecule has 0 bridgehead atoms. The standard InChI is InChI=1S/C15H17NO3/c1-18-13-5-2-4-12(14(13)19-11-6-7-11)15(16-10-17)8-3-9-15/h2,4-5,11H,3,6-9H2,1H3. The maximum atomic E-state index is 10.7. The molecule has 0 unspecified atom stereocenters. The molecule has 2 aliphatic rings. The van der Waals surface area contributed by atoms with Crippen LogP contribution in [0.1, 0.15) is 37.7 Å². The maximum Gasteiger partial charge on any atom is 0.235 e. The van der Waals surface area contributed by atoms with Crippen LogP contribution in [0.4, 0.5) is 0 Å². The molecular weight excluding hydrogens is 242 g/mol. The van der Waals surface area contributed by atoms with E-state index in [1.807, 2.05) is 18.2 Å². The average molecular weight is 259 g/mol. The van der Waals surface area contributed by atoms with Crippen LogP contribution in [-0.2, 0) is 10.3 Å². The lowest BCUT2D eigenvalue weighted by Gasteiger charge is -2.38. The highest BCUT2D eigenvalue weighted by Gasteiger charge is 2.42. The van der Waals surface area contributed by atoms with Gasteiger partial charge in [0.15, 0.2) is 11.5 Å². The Bertz CT molecular complexity index is 526. The fourth-order valence-corrected chi connectivity index (χ4v) is 2.56. The minimum Gasteiger partial charge on any atom is -0.493 e. The molecule has 0 N–H and O–H groups in total. The number of para-hydroxylation sites is 1. The van der Waals surface area contributed by atoms with Crippen molar-refractivity contribution in [1.29, 1.82) is 0 Å². The molecule has 0 aliphatic heterocycles. The second-order valence-electron chi connectivity index (χ2n) is 5.24. The molecule has 0 aromatic heterocycles. The molecule has 2 aliphatic carbocycles. The van der Waals surface area contributed by atoms with Crippen molar-refractivity contribution in [2.75, 3.05) is 7.11 Å². The Morgan fingerprint density at radius 1 is 1.37 bits per heavy atom. The van der Waals surface area contributed by atoms with Crippen molar-refractivity contribution in [2.45, 2.75) is 43.7 Å². The lowest BCUT2D eigenvalue weighted by Crippen LogP contribution is -2.32. The molecule has 1 aromatic carbocycles. The summed E-state index contributed by atoms with van der Waals surface area (Å²) in [5, 5.41) is 0. The van der Waals surface area contributed by atoms with Crippen LogP contribution in [0.2, 0.25) is 0 Å². The predicted molar refractivity (Wildman–Crippen MR) is 70.3 cm³/mol. The molecule has 100 valence electrons. The predicted octanol–water partition coefficient (Wildman–Crippen LogP) is 2.95. The summed E-state index contributed by atoms with van der Waals surface area (Å²) >= 11 is 0. The summed E-state index contributed by atoms with van der Waals surface area (Å²) in [6.07, 6.45) is 6.99. The van der Waals surface area contributed by atoms with Gasteiger partial charge in [-0.15, -0.1) is 0 Å². The lowest BCUT2D eigenvalue weighted by molar-refractivity contribution is 0.227. The van der Waals surface area contributed by atoms with Gasteiger partial charge in [0.25, 0.3) is 0 Å². The van der Waals surface area contributed by atoms with E-state index in [0.29, 0.717) is 0 Å². The Morgan fingerprint density at radius 2 is 2.16 bits per heavy atom. The molecule has 0 radical (unpaired) electrons. The minimum atomic E-state index is -0.444. The van der Waals surface area contributed by atoms with E-state index in [0.717, 1.165) is 49.2 Å². The molecule has 0 saturated heterocycles. The number of carbonyl (C=O) groups excluding carboxylic acids is 1. The molecule has 0 spiro atoms. The molecule has 2 saturated carbocycles. The maximum absolute atomic E-state index is 10.7. The van der Waals surface area contributed by atoms with E-state index in [-0.39, 0.29) is 6.10 Å². The van der Waals surface area contributed by atoms with Crippen LogP contribution in [0, 0.1) is 0 Å². The average Bonchev–Trinajstić information content (AvgIpc) is 3.18. The van der Waals surface area contributed by atoms with E-state index >= 15 is 0 Å². The van der Waals surface area contributed by atoms with Crippen LogP contribution >= 0.6 is 0 Å². The minimum absolute atomic E-state index is 0.285. The summed E-state index contributed by atoms with van der Waals surface area (Å²) in [5.74, 6) is 1.47. The number of hydrogen-bond donors (Lipinski definition) is 0. The summed E-state index contributed by atoms with van der Waals surface area (Å²) in [6, 6.07) is 5.80. The van der Waals surface area contributed by atoms with E-state index in [1.54, 1.807) is 13.2 Å². The molecule has 4 nitrogen and oxygen atoms in total. The number of methoxy groups -OCH3 is 1. The molecule has 0 atom stereocenters. The number of hydrogen-bond acceptors (Lipinski definition) is 4. The number of nitrogens with zero attached hydrogens (tertiary/aromatic N) is 1. The van der Waals surface area contributed by atoms with Gasteiger partial charge in [0, 0.05) is 5.56 Å². The zero-order valence-corrected chi connectivity index (χ0v) is 11.0. The van der Waals surface area contributed by atoms with E-state index < -0.39 is 5.54 Å². The van der Waals surface area contributed by atoms with Gasteiger partial charge >= 0.3 is 0 Å². The second-order valence-corrected chi connectivity index (χ2v) is 5.24. The smallest absolute Gasteiger partial charge is 0.235 e. The zero-order chi connectivity index (χ0) is 13.3. The van der Waals surface area contributed by atoms with Crippen LogP contribution in [0.15, 0.2) is 23.2 Å².